The van der Waals surface area contributed by atoms with E-state index in [0.717, 1.165) is 31.6 Å². The van der Waals surface area contributed by atoms with Crippen LogP contribution in [0.5, 0.6) is 0 Å². The molecule has 4 rings (SSSR count). The molecule has 1 fully saturated rings. The highest BCUT2D eigenvalue weighted by Gasteiger charge is 2.23. The summed E-state index contributed by atoms with van der Waals surface area (Å²) in [7, 11) is 0. The third-order valence-electron chi connectivity index (χ3n) is 5.14. The second kappa shape index (κ2) is 6.83. The number of amides is 2. The van der Waals surface area contributed by atoms with Crippen molar-refractivity contribution in [2.75, 3.05) is 16.8 Å². The summed E-state index contributed by atoms with van der Waals surface area (Å²) in [5.74, 6) is 0.102. The zero-order chi connectivity index (χ0) is 18.1. The lowest BCUT2D eigenvalue weighted by atomic mass is 10.0. The number of benzene rings is 2. The first-order valence-corrected chi connectivity index (χ1v) is 9.12. The van der Waals surface area contributed by atoms with E-state index in [2.05, 4.69) is 51.9 Å². The first-order chi connectivity index (χ1) is 12.6. The fourth-order valence-electron chi connectivity index (χ4n) is 3.86. The van der Waals surface area contributed by atoms with Crippen LogP contribution in [-0.4, -0.2) is 18.4 Å². The monoisotopic (exact) mass is 349 g/mol. The smallest absolute Gasteiger partial charge is 0.221 e. The van der Waals surface area contributed by atoms with Gasteiger partial charge in [0, 0.05) is 37.8 Å². The second-order valence-electron chi connectivity index (χ2n) is 7.10. The third-order valence-corrected chi connectivity index (χ3v) is 5.14. The van der Waals surface area contributed by atoms with Gasteiger partial charge in [0.1, 0.15) is 0 Å². The Morgan fingerprint density at radius 3 is 2.69 bits per heavy atom. The van der Waals surface area contributed by atoms with E-state index >= 15 is 0 Å². The van der Waals surface area contributed by atoms with Crippen LogP contribution in [0.2, 0.25) is 0 Å². The van der Waals surface area contributed by atoms with Crippen LogP contribution in [0.1, 0.15) is 42.5 Å². The summed E-state index contributed by atoms with van der Waals surface area (Å²) in [6.45, 7) is 3.38. The van der Waals surface area contributed by atoms with Gasteiger partial charge in [0.15, 0.2) is 0 Å². The Hall–Kier alpha value is -2.82. The molecule has 2 aliphatic heterocycles. The number of nitrogens with one attached hydrogen (secondary N) is 2. The average molecular weight is 349 g/mol. The second-order valence-corrected chi connectivity index (χ2v) is 7.10. The van der Waals surface area contributed by atoms with Crippen LogP contribution in [0.15, 0.2) is 42.5 Å². The molecule has 0 aliphatic carbocycles. The SMILES string of the molecule is CC(=O)Nc1ccc2c(c1)CCN2Cc1ccc(C2CCC(=O)N2)cc1. The molecule has 0 radical (unpaired) electrons. The van der Waals surface area contributed by atoms with E-state index in [-0.39, 0.29) is 17.9 Å². The summed E-state index contributed by atoms with van der Waals surface area (Å²) in [5.41, 5.74) is 5.83. The Morgan fingerprint density at radius 1 is 1.19 bits per heavy atom. The Bertz CT molecular complexity index is 845. The third kappa shape index (κ3) is 3.43. The minimum atomic E-state index is -0.0432. The maximum atomic E-state index is 11.4. The summed E-state index contributed by atoms with van der Waals surface area (Å²) >= 11 is 0. The molecule has 5 heteroatoms. The van der Waals surface area contributed by atoms with Crippen molar-refractivity contribution in [3.63, 3.8) is 0 Å². The number of nitrogens with zero attached hydrogens (tertiary/aromatic N) is 1. The zero-order valence-electron chi connectivity index (χ0n) is 14.9. The van der Waals surface area contributed by atoms with Gasteiger partial charge < -0.3 is 15.5 Å². The van der Waals surface area contributed by atoms with Crippen LogP contribution in [0, 0.1) is 0 Å². The molecule has 0 bridgehead atoms. The highest BCUT2D eigenvalue weighted by atomic mass is 16.2. The summed E-state index contributed by atoms with van der Waals surface area (Å²) in [6.07, 6.45) is 2.50. The van der Waals surface area contributed by atoms with Crippen molar-refractivity contribution in [1.82, 2.24) is 5.32 Å². The van der Waals surface area contributed by atoms with Crippen molar-refractivity contribution >= 4 is 23.2 Å². The molecule has 1 atom stereocenters. The normalized spacial score (nSPS) is 18.6. The Morgan fingerprint density at radius 2 is 2.00 bits per heavy atom. The molecule has 2 amide bonds. The Labute approximate surface area is 153 Å². The first-order valence-electron chi connectivity index (χ1n) is 9.12. The molecule has 2 heterocycles. The standard InChI is InChI=1S/C21H23N3O2/c1-14(25)22-18-6-8-20-17(12-18)10-11-24(20)13-15-2-4-16(5-3-15)19-7-9-21(26)23-19/h2-6,8,12,19H,7,9-11,13H2,1H3,(H,22,25)(H,23,26). The van der Waals surface area contributed by atoms with Gasteiger partial charge >= 0.3 is 0 Å². The predicted molar refractivity (Wildman–Crippen MR) is 102 cm³/mol. The topological polar surface area (TPSA) is 61.4 Å². The molecule has 0 aromatic heterocycles. The minimum Gasteiger partial charge on any atom is -0.367 e. The van der Waals surface area contributed by atoms with Crippen molar-refractivity contribution < 1.29 is 9.59 Å². The molecule has 134 valence electrons. The Balaban J connectivity index is 1.44. The number of carbonyl (C=O) groups is 2. The van der Waals surface area contributed by atoms with Crippen molar-refractivity contribution in [2.24, 2.45) is 0 Å². The molecule has 5 nitrogen and oxygen atoms in total. The summed E-state index contributed by atoms with van der Waals surface area (Å²) in [4.78, 5) is 25.0. The number of hydrogen-bond acceptors (Lipinski definition) is 3. The zero-order valence-corrected chi connectivity index (χ0v) is 14.9. The predicted octanol–water partition coefficient (Wildman–Crippen LogP) is 3.16. The molecule has 0 spiro atoms. The summed E-state index contributed by atoms with van der Waals surface area (Å²) in [6, 6.07) is 14.9. The van der Waals surface area contributed by atoms with E-state index in [1.807, 2.05) is 6.07 Å². The molecule has 2 N–H and O–H groups in total. The van der Waals surface area contributed by atoms with Gasteiger partial charge in [-0.05, 0) is 47.7 Å². The quantitative estimate of drug-likeness (QED) is 0.891. The molecule has 0 saturated carbocycles. The molecule has 26 heavy (non-hydrogen) atoms. The van der Waals surface area contributed by atoms with Gasteiger partial charge in [-0.3, -0.25) is 9.59 Å². The lowest BCUT2D eigenvalue weighted by Crippen LogP contribution is -2.20. The first kappa shape index (κ1) is 16.6. The molecule has 2 aliphatic rings. The largest absolute Gasteiger partial charge is 0.367 e. The van der Waals surface area contributed by atoms with Gasteiger partial charge in [-0.25, -0.2) is 0 Å². The molecule has 2 aromatic rings. The van der Waals surface area contributed by atoms with Crippen molar-refractivity contribution in [2.45, 2.75) is 38.8 Å². The molecular weight excluding hydrogens is 326 g/mol. The fourth-order valence-corrected chi connectivity index (χ4v) is 3.86. The number of rotatable bonds is 4. The Kier molecular flexibility index (Phi) is 4.37. The van der Waals surface area contributed by atoms with E-state index in [1.165, 1.54) is 29.3 Å². The lowest BCUT2D eigenvalue weighted by Gasteiger charge is -2.20. The average Bonchev–Trinajstić information content (AvgIpc) is 3.21. The number of anilines is 2. The number of hydrogen-bond donors (Lipinski definition) is 2. The molecule has 1 unspecified atom stereocenters. The van der Waals surface area contributed by atoms with Crippen molar-refractivity contribution in [1.29, 1.82) is 0 Å². The van der Waals surface area contributed by atoms with Crippen LogP contribution in [0.4, 0.5) is 11.4 Å². The van der Waals surface area contributed by atoms with Gasteiger partial charge in [-0.1, -0.05) is 24.3 Å². The van der Waals surface area contributed by atoms with Crippen molar-refractivity contribution in [3.05, 3.63) is 59.2 Å². The van der Waals surface area contributed by atoms with Gasteiger partial charge in [0.05, 0.1) is 6.04 Å². The van der Waals surface area contributed by atoms with E-state index in [4.69, 9.17) is 0 Å². The van der Waals surface area contributed by atoms with Crippen molar-refractivity contribution in [3.8, 4) is 0 Å². The maximum Gasteiger partial charge on any atom is 0.221 e. The van der Waals surface area contributed by atoms with Gasteiger partial charge in [0.2, 0.25) is 11.8 Å². The van der Waals surface area contributed by atoms with E-state index in [0.29, 0.717) is 6.42 Å². The minimum absolute atomic E-state index is 0.0432. The molecule has 1 saturated heterocycles. The highest BCUT2D eigenvalue weighted by Crippen LogP contribution is 2.32. The van der Waals surface area contributed by atoms with E-state index < -0.39 is 0 Å². The van der Waals surface area contributed by atoms with Crippen LogP contribution >= 0.6 is 0 Å². The van der Waals surface area contributed by atoms with Gasteiger partial charge in [0.25, 0.3) is 0 Å². The summed E-state index contributed by atoms with van der Waals surface area (Å²) < 4.78 is 0. The summed E-state index contributed by atoms with van der Waals surface area (Å²) in [5, 5.41) is 5.86. The maximum absolute atomic E-state index is 11.4. The molecular formula is C21H23N3O2. The number of carbonyl (C=O) groups excluding carboxylic acids is 2. The van der Waals surface area contributed by atoms with Crippen LogP contribution < -0.4 is 15.5 Å². The fraction of sp³-hybridized carbons (Fsp3) is 0.333. The van der Waals surface area contributed by atoms with E-state index in [9.17, 15) is 9.59 Å². The van der Waals surface area contributed by atoms with Crippen LogP contribution in [0.25, 0.3) is 0 Å². The van der Waals surface area contributed by atoms with Crippen LogP contribution in [-0.2, 0) is 22.6 Å². The van der Waals surface area contributed by atoms with E-state index in [1.54, 1.807) is 0 Å². The lowest BCUT2D eigenvalue weighted by molar-refractivity contribution is -0.119. The van der Waals surface area contributed by atoms with Crippen LogP contribution in [0.3, 0.4) is 0 Å². The number of fused-ring (bicyclic) bond motifs is 1. The van der Waals surface area contributed by atoms with Gasteiger partial charge in [-0.2, -0.15) is 0 Å². The molecule has 2 aromatic carbocycles. The van der Waals surface area contributed by atoms with Gasteiger partial charge in [-0.15, -0.1) is 0 Å². The highest BCUT2D eigenvalue weighted by molar-refractivity contribution is 5.89.